The van der Waals surface area contributed by atoms with Crippen LogP contribution in [-0.4, -0.2) is 29.3 Å². The van der Waals surface area contributed by atoms with Crippen LogP contribution in [0.15, 0.2) is 18.3 Å². The number of hydroxylamine groups is 1. The van der Waals surface area contributed by atoms with Gasteiger partial charge in [-0.3, -0.25) is 4.84 Å². The van der Waals surface area contributed by atoms with Crippen LogP contribution in [0.3, 0.4) is 0 Å². The second-order valence-electron chi connectivity index (χ2n) is 3.02. The Hall–Kier alpha value is -1.64. The fourth-order valence-corrected chi connectivity index (χ4v) is 1.25. The zero-order chi connectivity index (χ0) is 9.97. The molecule has 0 aliphatic carbocycles. The molecule has 0 radical (unpaired) electrons. The monoisotopic (exact) mass is 191 g/mol. The third-order valence-corrected chi connectivity index (χ3v) is 1.95. The van der Waals surface area contributed by atoms with Crippen LogP contribution in [-0.2, 0) is 4.84 Å². The smallest absolute Gasteiger partial charge is 0.140 e. The van der Waals surface area contributed by atoms with Crippen LogP contribution >= 0.6 is 0 Å². The van der Waals surface area contributed by atoms with Crippen molar-refractivity contribution in [2.45, 2.75) is 6.10 Å². The Bertz CT molecular complexity index is 357. The zero-order valence-corrected chi connectivity index (χ0v) is 7.42. The Balaban J connectivity index is 2.14. The Morgan fingerprint density at radius 2 is 2.50 bits per heavy atom. The lowest BCUT2D eigenvalue weighted by Gasteiger charge is -2.14. The zero-order valence-electron chi connectivity index (χ0n) is 7.42. The molecular formula is C9H9N3O2. The molecule has 1 aliphatic heterocycles. The van der Waals surface area contributed by atoms with E-state index in [1.807, 2.05) is 6.07 Å². The molecule has 0 saturated carbocycles. The lowest BCUT2D eigenvalue weighted by atomic mass is 10.3. The van der Waals surface area contributed by atoms with Crippen molar-refractivity contribution in [1.82, 2.24) is 4.98 Å². The van der Waals surface area contributed by atoms with Gasteiger partial charge in [-0.05, 0) is 12.1 Å². The van der Waals surface area contributed by atoms with Crippen molar-refractivity contribution in [1.29, 1.82) is 5.26 Å². The number of pyridine rings is 1. The summed E-state index contributed by atoms with van der Waals surface area (Å²) in [6, 6.07) is 5.29. The first-order valence-corrected chi connectivity index (χ1v) is 4.24. The van der Waals surface area contributed by atoms with Gasteiger partial charge in [0.15, 0.2) is 0 Å². The van der Waals surface area contributed by atoms with Gasteiger partial charge in [-0.15, -0.1) is 0 Å². The van der Waals surface area contributed by atoms with E-state index in [1.165, 1.54) is 0 Å². The van der Waals surface area contributed by atoms with Gasteiger partial charge in [-0.2, -0.15) is 5.26 Å². The molecule has 1 aromatic heterocycles. The van der Waals surface area contributed by atoms with Crippen molar-refractivity contribution in [3.63, 3.8) is 0 Å². The molecule has 1 unspecified atom stereocenters. The van der Waals surface area contributed by atoms with E-state index < -0.39 is 6.10 Å². The van der Waals surface area contributed by atoms with E-state index in [1.54, 1.807) is 23.4 Å². The van der Waals surface area contributed by atoms with Crippen molar-refractivity contribution >= 4 is 5.69 Å². The molecule has 1 N–H and O–H groups in total. The van der Waals surface area contributed by atoms with Gasteiger partial charge in [0.1, 0.15) is 18.4 Å². The number of nitriles is 1. The maximum Gasteiger partial charge on any atom is 0.140 e. The highest BCUT2D eigenvalue weighted by molar-refractivity contribution is 5.44. The van der Waals surface area contributed by atoms with Crippen LogP contribution in [0.5, 0.6) is 0 Å². The molecule has 14 heavy (non-hydrogen) atoms. The van der Waals surface area contributed by atoms with Crippen LogP contribution in [0.2, 0.25) is 0 Å². The molecule has 0 aromatic carbocycles. The maximum absolute atomic E-state index is 9.22. The minimum absolute atomic E-state index is 0.306. The first-order chi connectivity index (χ1) is 6.79. The van der Waals surface area contributed by atoms with E-state index in [4.69, 9.17) is 10.1 Å². The molecule has 0 bridgehead atoms. The van der Waals surface area contributed by atoms with Crippen LogP contribution in [0.4, 0.5) is 5.69 Å². The maximum atomic E-state index is 9.22. The van der Waals surface area contributed by atoms with Crippen molar-refractivity contribution in [2.24, 2.45) is 0 Å². The predicted octanol–water partition coefficient (Wildman–Crippen LogP) is 0.0658. The molecule has 0 amide bonds. The molecule has 5 heteroatoms. The summed E-state index contributed by atoms with van der Waals surface area (Å²) in [5.74, 6) is 0. The summed E-state index contributed by atoms with van der Waals surface area (Å²) >= 11 is 0. The van der Waals surface area contributed by atoms with Gasteiger partial charge < -0.3 is 5.11 Å². The summed E-state index contributed by atoms with van der Waals surface area (Å²) in [5.41, 5.74) is 1.12. The number of anilines is 1. The molecule has 1 atom stereocenters. The number of aromatic nitrogens is 1. The molecule has 2 rings (SSSR count). The largest absolute Gasteiger partial charge is 0.389 e. The van der Waals surface area contributed by atoms with Gasteiger partial charge in [0.25, 0.3) is 0 Å². The van der Waals surface area contributed by atoms with Crippen molar-refractivity contribution in [3.05, 3.63) is 24.0 Å². The quantitative estimate of drug-likeness (QED) is 0.680. The molecule has 1 aliphatic rings. The Kier molecular flexibility index (Phi) is 2.31. The fraction of sp³-hybridized carbons (Fsp3) is 0.333. The fourth-order valence-electron chi connectivity index (χ4n) is 1.25. The predicted molar refractivity (Wildman–Crippen MR) is 48.3 cm³/mol. The molecule has 2 heterocycles. The number of aliphatic hydroxyl groups is 1. The number of rotatable bonds is 1. The Morgan fingerprint density at radius 3 is 3.00 bits per heavy atom. The van der Waals surface area contributed by atoms with Gasteiger partial charge in [-0.1, -0.05) is 0 Å². The van der Waals surface area contributed by atoms with Gasteiger partial charge in [0.2, 0.25) is 0 Å². The normalized spacial score (nSPS) is 20.9. The number of aliphatic hydroxyl groups excluding tert-OH is 1. The third kappa shape index (κ3) is 1.66. The molecule has 72 valence electrons. The van der Waals surface area contributed by atoms with E-state index in [9.17, 15) is 5.11 Å². The molecule has 1 aromatic rings. The van der Waals surface area contributed by atoms with Gasteiger partial charge in [0.05, 0.1) is 24.5 Å². The van der Waals surface area contributed by atoms with Crippen LogP contribution in [0.1, 0.15) is 5.69 Å². The number of β-amino-alcohol motifs (C(OH)–C–C–N with tert-alkyl or cyclic N) is 1. The molecule has 1 saturated heterocycles. The third-order valence-electron chi connectivity index (χ3n) is 1.95. The van der Waals surface area contributed by atoms with Gasteiger partial charge in [-0.25, -0.2) is 10.0 Å². The summed E-state index contributed by atoms with van der Waals surface area (Å²) < 4.78 is 0. The van der Waals surface area contributed by atoms with Crippen molar-refractivity contribution in [3.8, 4) is 6.07 Å². The van der Waals surface area contributed by atoms with Crippen LogP contribution in [0, 0.1) is 11.3 Å². The Morgan fingerprint density at radius 1 is 1.64 bits per heavy atom. The summed E-state index contributed by atoms with van der Waals surface area (Å²) in [5, 5.41) is 19.3. The first-order valence-electron chi connectivity index (χ1n) is 4.24. The van der Waals surface area contributed by atoms with E-state index >= 15 is 0 Å². The number of hydrogen-bond acceptors (Lipinski definition) is 5. The molecule has 1 fully saturated rings. The molecule has 0 spiro atoms. The summed E-state index contributed by atoms with van der Waals surface area (Å²) in [4.78, 5) is 9.09. The summed E-state index contributed by atoms with van der Waals surface area (Å²) in [7, 11) is 0. The summed E-state index contributed by atoms with van der Waals surface area (Å²) in [6.07, 6.45) is 1.10. The van der Waals surface area contributed by atoms with Crippen molar-refractivity contribution < 1.29 is 9.94 Å². The van der Waals surface area contributed by atoms with E-state index in [2.05, 4.69) is 4.98 Å². The minimum Gasteiger partial charge on any atom is -0.389 e. The second kappa shape index (κ2) is 3.62. The van der Waals surface area contributed by atoms with Crippen LogP contribution in [0.25, 0.3) is 0 Å². The Labute approximate surface area is 81.1 Å². The highest BCUT2D eigenvalue weighted by Crippen LogP contribution is 2.17. The van der Waals surface area contributed by atoms with Crippen LogP contribution < -0.4 is 5.06 Å². The van der Waals surface area contributed by atoms with E-state index in [0.717, 1.165) is 5.69 Å². The van der Waals surface area contributed by atoms with Gasteiger partial charge >= 0.3 is 0 Å². The highest BCUT2D eigenvalue weighted by Gasteiger charge is 2.21. The van der Waals surface area contributed by atoms with Crippen molar-refractivity contribution in [2.75, 3.05) is 18.2 Å². The average molecular weight is 191 g/mol. The molecular weight excluding hydrogens is 182 g/mol. The topological polar surface area (TPSA) is 69.4 Å². The summed E-state index contributed by atoms with van der Waals surface area (Å²) in [6.45, 7) is 0.744. The SMILES string of the molecule is N#Cc1ccc(N2CC(O)CO2)cn1. The van der Waals surface area contributed by atoms with E-state index in [0.29, 0.717) is 18.8 Å². The lowest BCUT2D eigenvalue weighted by molar-refractivity contribution is 0.116. The highest BCUT2D eigenvalue weighted by atomic mass is 16.7. The number of nitrogens with zero attached hydrogens (tertiary/aromatic N) is 3. The average Bonchev–Trinajstić information content (AvgIpc) is 2.65. The standard InChI is InChI=1S/C9H9N3O2/c10-3-7-1-2-8(4-11-7)12-5-9(13)6-14-12/h1-2,4,9,13H,5-6H2. The lowest BCUT2D eigenvalue weighted by Crippen LogP contribution is -2.20. The second-order valence-corrected chi connectivity index (χ2v) is 3.02. The minimum atomic E-state index is -0.453. The van der Waals surface area contributed by atoms with E-state index in [-0.39, 0.29) is 0 Å². The van der Waals surface area contributed by atoms with Gasteiger partial charge in [0, 0.05) is 0 Å². The number of hydrogen-bond donors (Lipinski definition) is 1. The molecule has 5 nitrogen and oxygen atoms in total. The first kappa shape index (κ1) is 8.94.